The van der Waals surface area contributed by atoms with Crippen LogP contribution in [0.4, 0.5) is 14.9 Å². The molecule has 3 aromatic carbocycles. The number of aliphatic hydroxyl groups excluding tert-OH is 1. The molecule has 0 radical (unpaired) electrons. The highest BCUT2D eigenvalue weighted by molar-refractivity contribution is 5.89. The van der Waals surface area contributed by atoms with Crippen LogP contribution in [0, 0.1) is 17.7 Å². The Kier molecular flexibility index (Phi) is 7.92. The molecule has 3 aromatic rings. The predicted molar refractivity (Wildman–Crippen MR) is 146 cm³/mol. The molecule has 0 saturated carbocycles. The van der Waals surface area contributed by atoms with E-state index in [1.54, 1.807) is 30.2 Å². The number of urea groups is 1. The van der Waals surface area contributed by atoms with Crippen molar-refractivity contribution in [2.45, 2.75) is 30.8 Å². The highest BCUT2D eigenvalue weighted by atomic mass is 19.1. The molecule has 0 spiro atoms. The van der Waals surface area contributed by atoms with E-state index in [0.29, 0.717) is 13.1 Å². The molecule has 0 aromatic heterocycles. The number of aliphatic hydroxyl groups is 1. The molecule has 5 rings (SSSR count). The second-order valence-electron chi connectivity index (χ2n) is 9.74. The van der Waals surface area contributed by atoms with E-state index in [1.165, 1.54) is 6.07 Å². The van der Waals surface area contributed by atoms with Gasteiger partial charge in [0.05, 0.1) is 19.4 Å². The van der Waals surface area contributed by atoms with E-state index in [1.807, 2.05) is 36.4 Å². The van der Waals surface area contributed by atoms with Crippen LogP contribution in [-0.4, -0.2) is 66.4 Å². The maximum absolute atomic E-state index is 14.1. The van der Waals surface area contributed by atoms with E-state index >= 15 is 0 Å². The largest absolute Gasteiger partial charge is 0.497 e. The van der Waals surface area contributed by atoms with Crippen molar-refractivity contribution < 1.29 is 19.0 Å². The zero-order valence-electron chi connectivity index (χ0n) is 21.4. The molecule has 2 aliphatic heterocycles. The number of para-hydroxylation sites is 1. The van der Waals surface area contributed by atoms with Gasteiger partial charge in [0.1, 0.15) is 11.6 Å². The van der Waals surface area contributed by atoms with E-state index < -0.39 is 5.82 Å². The maximum atomic E-state index is 14.1. The molecule has 3 atom stereocenters. The molecule has 2 saturated heterocycles. The standard InChI is InChI=1S/C31H32FN3O3/c1-38-25-16-12-23(13-17-25)9-8-22-10-14-24(15-11-22)30-28-20-34(18-4-5-19-35(28)29(30)21-36)31(37)33-27-7-3-2-6-26(27)32/h2-3,6-7,10-17,28-30,36H,4-5,18-21H2,1H3,(H,33,37)/t28-,29-,30+/m1/s1. The Hall–Kier alpha value is -3.86. The molecule has 6 nitrogen and oxygen atoms in total. The summed E-state index contributed by atoms with van der Waals surface area (Å²) in [5, 5.41) is 12.9. The van der Waals surface area contributed by atoms with Crippen molar-refractivity contribution in [3.63, 3.8) is 0 Å². The van der Waals surface area contributed by atoms with Crippen molar-refractivity contribution in [2.24, 2.45) is 0 Å². The Balaban J connectivity index is 1.31. The lowest BCUT2D eigenvalue weighted by Crippen LogP contribution is -2.68. The smallest absolute Gasteiger partial charge is 0.321 e. The third kappa shape index (κ3) is 5.52. The highest BCUT2D eigenvalue weighted by Gasteiger charge is 2.49. The van der Waals surface area contributed by atoms with Gasteiger partial charge >= 0.3 is 6.03 Å². The average molecular weight is 514 g/mol. The third-order valence-corrected chi connectivity index (χ3v) is 7.51. The van der Waals surface area contributed by atoms with E-state index in [0.717, 1.165) is 41.8 Å². The summed E-state index contributed by atoms with van der Waals surface area (Å²) in [5.41, 5.74) is 3.12. The Labute approximate surface area is 223 Å². The van der Waals surface area contributed by atoms with Gasteiger partial charge in [0, 0.05) is 42.2 Å². The Bertz CT molecular complexity index is 1320. The molecule has 0 unspecified atom stereocenters. The van der Waals surface area contributed by atoms with Crippen molar-refractivity contribution in [1.82, 2.24) is 9.80 Å². The minimum absolute atomic E-state index is 0.00538. The lowest BCUT2D eigenvalue weighted by Gasteiger charge is -2.57. The SMILES string of the molecule is COc1ccc(C#Cc2ccc([C@@H]3[C@@H](CO)N4CCCCN(C(=O)Nc5ccccc5F)C[C@H]34)cc2)cc1. The fraction of sp³-hybridized carbons (Fsp3) is 0.323. The summed E-state index contributed by atoms with van der Waals surface area (Å²) in [4.78, 5) is 17.2. The molecule has 7 heteroatoms. The lowest BCUT2D eigenvalue weighted by molar-refractivity contribution is -0.0585. The van der Waals surface area contributed by atoms with Crippen LogP contribution in [0.25, 0.3) is 0 Å². The van der Waals surface area contributed by atoms with Crippen LogP contribution in [-0.2, 0) is 0 Å². The van der Waals surface area contributed by atoms with Crippen molar-refractivity contribution in [1.29, 1.82) is 0 Å². The van der Waals surface area contributed by atoms with Gasteiger partial charge in [0.15, 0.2) is 0 Å². The second-order valence-corrected chi connectivity index (χ2v) is 9.74. The Morgan fingerprint density at radius 1 is 1.00 bits per heavy atom. The average Bonchev–Trinajstić information content (AvgIpc) is 2.93. The number of fused-ring (bicyclic) bond motifs is 1. The van der Waals surface area contributed by atoms with Gasteiger partial charge in [-0.15, -0.1) is 0 Å². The Morgan fingerprint density at radius 2 is 1.66 bits per heavy atom. The number of hydrogen-bond donors (Lipinski definition) is 2. The number of ether oxygens (including phenoxy) is 1. The van der Waals surface area contributed by atoms with Crippen molar-refractivity contribution in [2.75, 3.05) is 38.7 Å². The number of rotatable bonds is 4. The first-order chi connectivity index (χ1) is 18.6. The highest BCUT2D eigenvalue weighted by Crippen LogP contribution is 2.42. The van der Waals surface area contributed by atoms with Crippen molar-refractivity contribution >= 4 is 11.7 Å². The molecule has 0 bridgehead atoms. The van der Waals surface area contributed by atoms with Crippen LogP contribution in [0.2, 0.25) is 0 Å². The number of amides is 2. The summed E-state index contributed by atoms with van der Waals surface area (Å²) in [6, 6.07) is 21.8. The number of benzene rings is 3. The molecule has 2 amide bonds. The summed E-state index contributed by atoms with van der Waals surface area (Å²) in [7, 11) is 1.64. The van der Waals surface area contributed by atoms with Crippen LogP contribution < -0.4 is 10.1 Å². The number of carbonyl (C=O) groups is 1. The normalized spacial score (nSPS) is 21.1. The fourth-order valence-corrected chi connectivity index (χ4v) is 5.49. The Morgan fingerprint density at radius 3 is 2.32 bits per heavy atom. The molecule has 0 aliphatic carbocycles. The van der Waals surface area contributed by atoms with Gasteiger partial charge in [-0.05, 0) is 73.5 Å². The van der Waals surface area contributed by atoms with Crippen LogP contribution in [0.1, 0.15) is 35.4 Å². The minimum atomic E-state index is -0.452. The number of nitrogens with zero attached hydrogens (tertiary/aromatic N) is 2. The summed E-state index contributed by atoms with van der Waals surface area (Å²) < 4.78 is 19.3. The van der Waals surface area contributed by atoms with Gasteiger partial charge in [-0.25, -0.2) is 9.18 Å². The lowest BCUT2D eigenvalue weighted by atomic mass is 9.74. The minimum Gasteiger partial charge on any atom is -0.497 e. The number of hydrogen-bond acceptors (Lipinski definition) is 4. The number of methoxy groups -OCH3 is 1. The van der Waals surface area contributed by atoms with Crippen LogP contribution in [0.15, 0.2) is 72.8 Å². The van der Waals surface area contributed by atoms with E-state index in [4.69, 9.17) is 4.74 Å². The van der Waals surface area contributed by atoms with Gasteiger partial charge in [-0.1, -0.05) is 36.1 Å². The molecular weight excluding hydrogens is 481 g/mol. The summed E-state index contributed by atoms with van der Waals surface area (Å²) in [5.74, 6) is 6.82. The molecule has 38 heavy (non-hydrogen) atoms. The topological polar surface area (TPSA) is 65.0 Å². The second kappa shape index (κ2) is 11.7. The van der Waals surface area contributed by atoms with E-state index in [-0.39, 0.29) is 36.3 Å². The molecule has 2 aliphatic rings. The molecule has 2 N–H and O–H groups in total. The molecule has 196 valence electrons. The van der Waals surface area contributed by atoms with Gasteiger partial charge in [0.2, 0.25) is 0 Å². The first-order valence-corrected chi connectivity index (χ1v) is 13.0. The zero-order valence-corrected chi connectivity index (χ0v) is 21.4. The summed E-state index contributed by atoms with van der Waals surface area (Å²) >= 11 is 0. The fourth-order valence-electron chi connectivity index (χ4n) is 5.49. The van der Waals surface area contributed by atoms with Crippen molar-refractivity contribution in [3.05, 3.63) is 95.3 Å². The summed E-state index contributed by atoms with van der Waals surface area (Å²) in [6.07, 6.45) is 1.79. The molecule has 2 heterocycles. The zero-order chi connectivity index (χ0) is 26.5. The third-order valence-electron chi connectivity index (χ3n) is 7.51. The number of anilines is 1. The van der Waals surface area contributed by atoms with Gasteiger partial charge in [-0.3, -0.25) is 4.90 Å². The van der Waals surface area contributed by atoms with Crippen molar-refractivity contribution in [3.8, 4) is 17.6 Å². The quantitative estimate of drug-likeness (QED) is 0.497. The van der Waals surface area contributed by atoms with Gasteiger partial charge < -0.3 is 20.1 Å². The molecule has 2 fully saturated rings. The van der Waals surface area contributed by atoms with Crippen LogP contribution in [0.5, 0.6) is 5.75 Å². The van der Waals surface area contributed by atoms with E-state index in [9.17, 15) is 14.3 Å². The monoisotopic (exact) mass is 513 g/mol. The predicted octanol–water partition coefficient (Wildman–Crippen LogP) is 4.69. The number of halogens is 1. The first-order valence-electron chi connectivity index (χ1n) is 13.0. The number of carbonyl (C=O) groups excluding carboxylic acids is 1. The van der Waals surface area contributed by atoms with Crippen LogP contribution >= 0.6 is 0 Å². The summed E-state index contributed by atoms with van der Waals surface area (Å²) in [6.45, 7) is 2.07. The molecular formula is C31H32FN3O3. The number of nitrogens with one attached hydrogen (secondary N) is 1. The van der Waals surface area contributed by atoms with E-state index in [2.05, 4.69) is 34.2 Å². The van der Waals surface area contributed by atoms with Gasteiger partial charge in [0.25, 0.3) is 0 Å². The first kappa shape index (κ1) is 25.8. The van der Waals surface area contributed by atoms with Crippen LogP contribution in [0.3, 0.4) is 0 Å². The van der Waals surface area contributed by atoms with Gasteiger partial charge in [-0.2, -0.15) is 0 Å². The maximum Gasteiger partial charge on any atom is 0.321 e.